The van der Waals surface area contributed by atoms with E-state index in [0.29, 0.717) is 27.9 Å². The summed E-state index contributed by atoms with van der Waals surface area (Å²) in [7, 11) is 3.22. The number of nitrogens with one attached hydrogen (secondary N) is 1. The number of ether oxygens (including phenoxy) is 2. The first-order chi connectivity index (χ1) is 15.9. The summed E-state index contributed by atoms with van der Waals surface area (Å²) in [6, 6.07) is 3.06. The first-order valence-corrected chi connectivity index (χ1v) is 12.6. The maximum atomic E-state index is 13.0. The fourth-order valence-corrected chi connectivity index (χ4v) is 5.36. The zero-order chi connectivity index (χ0) is 24.0. The third kappa shape index (κ3) is 6.72. The molecule has 7 nitrogen and oxygen atoms in total. The fourth-order valence-electron chi connectivity index (χ4n) is 4.81. The van der Waals surface area contributed by atoms with Gasteiger partial charge in [0.15, 0.2) is 0 Å². The van der Waals surface area contributed by atoms with Gasteiger partial charge in [-0.15, -0.1) is 0 Å². The zero-order valence-corrected chi connectivity index (χ0v) is 21.5. The van der Waals surface area contributed by atoms with Crippen molar-refractivity contribution in [2.24, 2.45) is 5.92 Å². The topological polar surface area (TPSA) is 80.1 Å². The minimum absolute atomic E-state index is 0.0739. The predicted octanol–water partition coefficient (Wildman–Crippen LogP) is 3.59. The van der Waals surface area contributed by atoms with Crippen LogP contribution in [-0.2, 0) is 4.74 Å². The number of likely N-dealkylation sites (tertiary alicyclic amines) is 2. The van der Waals surface area contributed by atoms with Crippen LogP contribution in [-0.4, -0.2) is 79.8 Å². The Kier molecular flexibility index (Phi) is 9.61. The highest BCUT2D eigenvalue weighted by Gasteiger charge is 2.33. The number of nitrogens with two attached hydrogens (primary N) is 1. The van der Waals surface area contributed by atoms with E-state index in [2.05, 4.69) is 22.0 Å². The Morgan fingerprint density at radius 1 is 1.24 bits per heavy atom. The summed E-state index contributed by atoms with van der Waals surface area (Å²) < 4.78 is 11.1. The van der Waals surface area contributed by atoms with Crippen LogP contribution in [0.3, 0.4) is 0 Å². The third-order valence-electron chi connectivity index (χ3n) is 6.77. The summed E-state index contributed by atoms with van der Waals surface area (Å²) in [5, 5.41) is 3.45. The van der Waals surface area contributed by atoms with Gasteiger partial charge in [0.05, 0.1) is 40.5 Å². The number of carbonyl (C=O) groups excluding carboxylic acids is 1. The van der Waals surface area contributed by atoms with Crippen molar-refractivity contribution in [1.82, 2.24) is 15.1 Å². The molecule has 3 N–H and O–H groups in total. The monoisotopic (exact) mass is 496 g/mol. The van der Waals surface area contributed by atoms with Gasteiger partial charge in [-0.25, -0.2) is 0 Å². The van der Waals surface area contributed by atoms with E-state index < -0.39 is 0 Å². The van der Waals surface area contributed by atoms with Crippen molar-refractivity contribution in [3.63, 3.8) is 0 Å². The summed E-state index contributed by atoms with van der Waals surface area (Å²) in [4.78, 5) is 18.9. The molecule has 2 atom stereocenters. The highest BCUT2D eigenvalue weighted by atomic mass is 35.5. The van der Waals surface area contributed by atoms with Crippen molar-refractivity contribution in [3.8, 4) is 5.75 Å². The van der Waals surface area contributed by atoms with Gasteiger partial charge >= 0.3 is 0 Å². The molecule has 2 aliphatic heterocycles. The van der Waals surface area contributed by atoms with Crippen LogP contribution in [0, 0.1) is 5.92 Å². The highest BCUT2D eigenvalue weighted by Crippen LogP contribution is 2.29. The second-order valence-corrected chi connectivity index (χ2v) is 9.93. The number of nitrogens with zero attached hydrogens (tertiary/aromatic N) is 2. The Balaban J connectivity index is 1.52. The second kappa shape index (κ2) is 12.2. The van der Waals surface area contributed by atoms with E-state index in [-0.39, 0.29) is 18.1 Å². The van der Waals surface area contributed by atoms with E-state index in [1.54, 1.807) is 19.2 Å². The molecule has 1 aromatic carbocycles. The van der Waals surface area contributed by atoms with Crippen molar-refractivity contribution in [3.05, 3.63) is 22.7 Å². The number of halogens is 1. The van der Waals surface area contributed by atoms with Gasteiger partial charge in [0.2, 0.25) is 0 Å². The van der Waals surface area contributed by atoms with E-state index in [1.165, 1.54) is 20.0 Å². The number of rotatable bonds is 8. The van der Waals surface area contributed by atoms with Crippen LogP contribution >= 0.6 is 23.8 Å². The Labute approximate surface area is 207 Å². The summed E-state index contributed by atoms with van der Waals surface area (Å²) >= 11 is 11.7. The Morgan fingerprint density at radius 2 is 1.97 bits per heavy atom. The van der Waals surface area contributed by atoms with Crippen LogP contribution in [0.2, 0.25) is 5.02 Å². The zero-order valence-electron chi connectivity index (χ0n) is 19.9. The van der Waals surface area contributed by atoms with Gasteiger partial charge in [0, 0.05) is 45.9 Å². The lowest BCUT2D eigenvalue weighted by atomic mass is 9.93. The largest absolute Gasteiger partial charge is 0.496 e. The molecule has 1 amide bonds. The molecule has 2 heterocycles. The van der Waals surface area contributed by atoms with Crippen LogP contribution < -0.4 is 15.8 Å². The molecule has 33 heavy (non-hydrogen) atoms. The van der Waals surface area contributed by atoms with Crippen molar-refractivity contribution in [2.75, 3.05) is 52.7 Å². The molecule has 2 aliphatic rings. The van der Waals surface area contributed by atoms with Gasteiger partial charge in [-0.05, 0) is 44.1 Å². The average Bonchev–Trinajstić information content (AvgIpc) is 2.82. The molecule has 3 rings (SSSR count). The summed E-state index contributed by atoms with van der Waals surface area (Å²) in [6.07, 6.45) is 5.24. The van der Waals surface area contributed by atoms with E-state index in [0.717, 1.165) is 57.0 Å². The smallest absolute Gasteiger partial charge is 0.255 e. The van der Waals surface area contributed by atoms with E-state index in [4.69, 9.17) is 39.0 Å². The van der Waals surface area contributed by atoms with Gasteiger partial charge < -0.3 is 30.3 Å². The van der Waals surface area contributed by atoms with Gasteiger partial charge in [0.25, 0.3) is 5.91 Å². The van der Waals surface area contributed by atoms with E-state index in [9.17, 15) is 4.79 Å². The minimum Gasteiger partial charge on any atom is -0.496 e. The maximum absolute atomic E-state index is 13.0. The number of methoxy groups -OCH3 is 2. The third-order valence-corrected chi connectivity index (χ3v) is 7.56. The first kappa shape index (κ1) is 26.0. The molecular formula is C24H37ClN4O3S. The lowest BCUT2D eigenvalue weighted by molar-refractivity contribution is -0.000285. The molecule has 0 bridgehead atoms. The SMILES string of the molecule is CCCC(=S)N1CCC(CN2CCC(NC(=O)c3cc(Cl)c(N)cc3OC)C(OC)C2)CC1. The molecule has 0 aliphatic carbocycles. The lowest BCUT2D eigenvalue weighted by Gasteiger charge is -2.41. The Hall–Kier alpha value is -1.61. The van der Waals surface area contributed by atoms with Crippen LogP contribution in [0.25, 0.3) is 0 Å². The van der Waals surface area contributed by atoms with E-state index in [1.807, 2.05) is 0 Å². The first-order valence-electron chi connectivity index (χ1n) is 11.8. The molecular weight excluding hydrogens is 460 g/mol. The highest BCUT2D eigenvalue weighted by molar-refractivity contribution is 7.80. The maximum Gasteiger partial charge on any atom is 0.255 e. The van der Waals surface area contributed by atoms with Crippen molar-refractivity contribution in [1.29, 1.82) is 0 Å². The number of thiocarbonyl (C=S) groups is 1. The summed E-state index contributed by atoms with van der Waals surface area (Å²) in [6.45, 7) is 7.11. The molecule has 0 radical (unpaired) electrons. The summed E-state index contributed by atoms with van der Waals surface area (Å²) in [5.74, 6) is 0.853. The summed E-state index contributed by atoms with van der Waals surface area (Å²) in [5.41, 5.74) is 6.60. The Bertz CT molecular complexity index is 832. The quantitative estimate of drug-likeness (QED) is 0.420. The number of hydrogen-bond acceptors (Lipinski definition) is 6. The van der Waals surface area contributed by atoms with Crippen LogP contribution in [0.4, 0.5) is 5.69 Å². The standard InChI is InChI=1S/C24H37ClN4O3S/c1-4-5-23(33)29-10-6-16(7-11-29)14-28-9-8-20(22(15-28)32-3)27-24(30)17-12-18(25)19(26)13-21(17)31-2/h12-13,16,20,22H,4-11,14-15,26H2,1-3H3,(H,27,30). The lowest BCUT2D eigenvalue weighted by Crippen LogP contribution is -2.55. The molecule has 0 saturated carbocycles. The molecule has 2 saturated heterocycles. The second-order valence-electron chi connectivity index (χ2n) is 9.05. The number of hydrogen-bond donors (Lipinski definition) is 2. The van der Waals surface area contributed by atoms with Crippen LogP contribution in [0.15, 0.2) is 12.1 Å². The number of amides is 1. The predicted molar refractivity (Wildman–Crippen MR) is 137 cm³/mol. The van der Waals surface area contributed by atoms with Gasteiger partial charge in [0.1, 0.15) is 5.75 Å². The van der Waals surface area contributed by atoms with Crippen LogP contribution in [0.5, 0.6) is 5.75 Å². The molecule has 2 unspecified atom stereocenters. The van der Waals surface area contributed by atoms with Gasteiger partial charge in [-0.2, -0.15) is 0 Å². The van der Waals surface area contributed by atoms with Crippen molar-refractivity contribution >= 4 is 40.4 Å². The molecule has 0 spiro atoms. The number of anilines is 1. The molecule has 9 heteroatoms. The molecule has 0 aromatic heterocycles. The number of nitrogen functional groups attached to an aromatic ring is 1. The fraction of sp³-hybridized carbons (Fsp3) is 0.667. The molecule has 2 fully saturated rings. The van der Waals surface area contributed by atoms with Crippen LogP contribution in [0.1, 0.15) is 49.4 Å². The normalized spacial score (nSPS) is 22.2. The van der Waals surface area contributed by atoms with Crippen molar-refractivity contribution < 1.29 is 14.3 Å². The number of benzene rings is 1. The van der Waals surface area contributed by atoms with E-state index >= 15 is 0 Å². The molecule has 184 valence electrons. The van der Waals surface area contributed by atoms with Gasteiger partial charge in [-0.3, -0.25) is 4.79 Å². The Morgan fingerprint density at radius 3 is 2.61 bits per heavy atom. The minimum atomic E-state index is -0.232. The van der Waals surface area contributed by atoms with Gasteiger partial charge in [-0.1, -0.05) is 30.7 Å². The number of carbonyl (C=O) groups is 1. The average molecular weight is 497 g/mol. The number of piperidine rings is 2. The van der Waals surface area contributed by atoms with Crippen molar-refractivity contribution in [2.45, 2.75) is 51.2 Å². The molecule has 1 aromatic rings.